The molecule has 1 fully saturated rings. The van der Waals surface area contributed by atoms with Gasteiger partial charge in [0, 0.05) is 11.3 Å². The highest BCUT2D eigenvalue weighted by atomic mass is 19.4. The largest absolute Gasteiger partial charge is 0.416 e. The van der Waals surface area contributed by atoms with Crippen LogP contribution in [-0.2, 0) is 15.7 Å². The number of hydrogen-bond acceptors (Lipinski definition) is 3. The van der Waals surface area contributed by atoms with Crippen LogP contribution < -0.4 is 5.32 Å². The molecule has 2 aromatic carbocycles. The lowest BCUT2D eigenvalue weighted by Gasteiger charge is -2.43. The second-order valence-electron chi connectivity index (χ2n) is 5.96. The fraction of sp³-hybridized carbons (Fsp3) is 0.333. The van der Waals surface area contributed by atoms with Gasteiger partial charge in [0.25, 0.3) is 0 Å². The van der Waals surface area contributed by atoms with E-state index in [1.54, 1.807) is 0 Å². The van der Waals surface area contributed by atoms with Crippen LogP contribution in [0.2, 0.25) is 0 Å². The van der Waals surface area contributed by atoms with E-state index in [0.29, 0.717) is 24.5 Å². The molecule has 126 valence electrons. The Morgan fingerprint density at radius 3 is 2.46 bits per heavy atom. The van der Waals surface area contributed by atoms with Crippen molar-refractivity contribution in [2.45, 2.75) is 24.4 Å². The first-order valence-electron chi connectivity index (χ1n) is 7.80. The molecule has 3 nitrogen and oxygen atoms in total. The van der Waals surface area contributed by atoms with Crippen molar-refractivity contribution in [2.24, 2.45) is 0 Å². The molecule has 2 heterocycles. The number of fused-ring (bicyclic) bond motifs is 3. The molecule has 2 aliphatic heterocycles. The summed E-state index contributed by atoms with van der Waals surface area (Å²) in [6, 6.07) is 13.3. The third kappa shape index (κ3) is 2.65. The molecule has 0 aliphatic carbocycles. The third-order valence-corrected chi connectivity index (χ3v) is 4.47. The average Bonchev–Trinajstić information content (AvgIpc) is 2.60. The summed E-state index contributed by atoms with van der Waals surface area (Å²) < 4.78 is 50.8. The van der Waals surface area contributed by atoms with Gasteiger partial charge in [-0.15, -0.1) is 0 Å². The molecule has 3 atom stereocenters. The van der Waals surface area contributed by atoms with E-state index >= 15 is 0 Å². The highest BCUT2D eigenvalue weighted by molar-refractivity contribution is 5.59. The molecule has 0 amide bonds. The molecule has 0 spiro atoms. The van der Waals surface area contributed by atoms with Gasteiger partial charge in [0.1, 0.15) is 12.2 Å². The zero-order valence-corrected chi connectivity index (χ0v) is 12.7. The highest BCUT2D eigenvalue weighted by Crippen LogP contribution is 2.45. The first-order valence-corrected chi connectivity index (χ1v) is 7.80. The Bertz CT molecular complexity index is 733. The van der Waals surface area contributed by atoms with Crippen LogP contribution in [0.1, 0.15) is 28.8 Å². The molecule has 1 N–H and O–H groups in total. The van der Waals surface area contributed by atoms with E-state index in [4.69, 9.17) is 9.47 Å². The maximum Gasteiger partial charge on any atom is 0.416 e. The monoisotopic (exact) mass is 335 g/mol. The van der Waals surface area contributed by atoms with Gasteiger partial charge in [-0.3, -0.25) is 0 Å². The smallest absolute Gasteiger partial charge is 0.375 e. The summed E-state index contributed by atoms with van der Waals surface area (Å²) in [5.74, 6) is 0. The number of halogens is 3. The number of alkyl halides is 3. The molecule has 0 bridgehead atoms. The van der Waals surface area contributed by atoms with E-state index in [2.05, 4.69) is 5.32 Å². The van der Waals surface area contributed by atoms with Gasteiger partial charge < -0.3 is 14.8 Å². The molecule has 4 rings (SSSR count). The van der Waals surface area contributed by atoms with E-state index < -0.39 is 17.8 Å². The van der Waals surface area contributed by atoms with Gasteiger partial charge >= 0.3 is 6.18 Å². The standard InChI is InChI=1S/C18H16F3NO2/c19-18(20,21)12-6-7-14-13(10-12)16-17(24-9-8-23-16)15(22-14)11-4-2-1-3-5-11/h1-7,10,15-17,22H,8-9H2. The van der Waals surface area contributed by atoms with Crippen molar-refractivity contribution in [1.82, 2.24) is 0 Å². The van der Waals surface area contributed by atoms with Crippen molar-refractivity contribution in [2.75, 3.05) is 18.5 Å². The van der Waals surface area contributed by atoms with Gasteiger partial charge in [-0.2, -0.15) is 13.2 Å². The molecule has 2 aromatic rings. The first kappa shape index (κ1) is 15.5. The molecule has 24 heavy (non-hydrogen) atoms. The lowest BCUT2D eigenvalue weighted by atomic mass is 9.87. The summed E-state index contributed by atoms with van der Waals surface area (Å²) in [5.41, 5.74) is 1.50. The van der Waals surface area contributed by atoms with Crippen LogP contribution in [0.3, 0.4) is 0 Å². The van der Waals surface area contributed by atoms with Crippen molar-refractivity contribution in [3.8, 4) is 0 Å². The van der Waals surface area contributed by atoms with Crippen LogP contribution in [0.25, 0.3) is 0 Å². The summed E-state index contributed by atoms with van der Waals surface area (Å²) in [5, 5.41) is 3.32. The molecule has 1 saturated heterocycles. The van der Waals surface area contributed by atoms with Gasteiger partial charge in [-0.1, -0.05) is 30.3 Å². The molecular weight excluding hydrogens is 319 g/mol. The number of nitrogens with one attached hydrogen (secondary N) is 1. The number of anilines is 1. The zero-order valence-electron chi connectivity index (χ0n) is 12.7. The molecule has 3 unspecified atom stereocenters. The maximum atomic E-state index is 13.0. The normalized spacial score (nSPS) is 26.2. The number of ether oxygens (including phenoxy) is 2. The molecular formula is C18H16F3NO2. The van der Waals surface area contributed by atoms with Crippen molar-refractivity contribution in [3.05, 3.63) is 65.2 Å². The predicted molar refractivity (Wildman–Crippen MR) is 82.7 cm³/mol. The van der Waals surface area contributed by atoms with E-state index in [1.165, 1.54) is 6.07 Å². The van der Waals surface area contributed by atoms with E-state index in [0.717, 1.165) is 17.7 Å². The first-order chi connectivity index (χ1) is 11.5. The van der Waals surface area contributed by atoms with Gasteiger partial charge in [0.2, 0.25) is 0 Å². The summed E-state index contributed by atoms with van der Waals surface area (Å²) in [6.07, 6.45) is -5.25. The van der Waals surface area contributed by atoms with Gasteiger partial charge in [-0.25, -0.2) is 0 Å². The summed E-state index contributed by atoms with van der Waals surface area (Å²) >= 11 is 0. The van der Waals surface area contributed by atoms with Crippen LogP contribution in [0.4, 0.5) is 18.9 Å². The van der Waals surface area contributed by atoms with Crippen molar-refractivity contribution in [3.63, 3.8) is 0 Å². The van der Waals surface area contributed by atoms with Crippen LogP contribution in [0.15, 0.2) is 48.5 Å². The Kier molecular flexibility index (Phi) is 3.73. The molecule has 0 aromatic heterocycles. The Labute approximate surface area is 137 Å². The molecule has 2 aliphatic rings. The van der Waals surface area contributed by atoms with Crippen molar-refractivity contribution >= 4 is 5.69 Å². The zero-order chi connectivity index (χ0) is 16.7. The average molecular weight is 335 g/mol. The van der Waals surface area contributed by atoms with Gasteiger partial charge in [-0.05, 0) is 23.8 Å². The second-order valence-corrected chi connectivity index (χ2v) is 5.96. The third-order valence-electron chi connectivity index (χ3n) is 4.47. The highest BCUT2D eigenvalue weighted by Gasteiger charge is 2.42. The Balaban J connectivity index is 1.77. The van der Waals surface area contributed by atoms with Gasteiger partial charge in [0.15, 0.2) is 0 Å². The number of benzene rings is 2. The van der Waals surface area contributed by atoms with Crippen molar-refractivity contribution < 1.29 is 22.6 Å². The summed E-state index contributed by atoms with van der Waals surface area (Å²) in [6.45, 7) is 0.804. The van der Waals surface area contributed by atoms with Gasteiger partial charge in [0.05, 0.1) is 24.8 Å². The topological polar surface area (TPSA) is 30.5 Å². The fourth-order valence-electron chi connectivity index (χ4n) is 3.37. The SMILES string of the molecule is FC(F)(F)c1ccc2c(c1)C1OCCOC1C(c1ccccc1)N2. The molecule has 6 heteroatoms. The Morgan fingerprint density at radius 2 is 1.71 bits per heavy atom. The van der Waals surface area contributed by atoms with E-state index in [-0.39, 0.29) is 12.1 Å². The maximum absolute atomic E-state index is 13.0. The fourth-order valence-corrected chi connectivity index (χ4v) is 3.37. The molecule has 0 radical (unpaired) electrons. The van der Waals surface area contributed by atoms with Crippen molar-refractivity contribution in [1.29, 1.82) is 0 Å². The van der Waals surface area contributed by atoms with Crippen LogP contribution in [0, 0.1) is 0 Å². The number of hydrogen-bond donors (Lipinski definition) is 1. The van der Waals surface area contributed by atoms with Crippen LogP contribution in [0.5, 0.6) is 0 Å². The Morgan fingerprint density at radius 1 is 0.958 bits per heavy atom. The van der Waals surface area contributed by atoms with E-state index in [9.17, 15) is 13.2 Å². The number of rotatable bonds is 1. The summed E-state index contributed by atoms with van der Waals surface area (Å²) in [7, 11) is 0. The quantitative estimate of drug-likeness (QED) is 0.841. The minimum Gasteiger partial charge on any atom is -0.375 e. The second kappa shape index (κ2) is 5.79. The van der Waals surface area contributed by atoms with Crippen LogP contribution in [-0.4, -0.2) is 19.3 Å². The minimum absolute atomic E-state index is 0.166. The predicted octanol–water partition coefficient (Wildman–Crippen LogP) is 4.33. The summed E-state index contributed by atoms with van der Waals surface area (Å²) in [4.78, 5) is 0. The molecule has 0 saturated carbocycles. The Hall–Kier alpha value is -2.05. The minimum atomic E-state index is -4.38. The van der Waals surface area contributed by atoms with Crippen LogP contribution >= 0.6 is 0 Å². The van der Waals surface area contributed by atoms with E-state index in [1.807, 2.05) is 30.3 Å². The lowest BCUT2D eigenvalue weighted by Crippen LogP contribution is -2.43. The lowest BCUT2D eigenvalue weighted by molar-refractivity contribution is -0.152.